The zero-order valence-electron chi connectivity index (χ0n) is 29.7. The molecule has 0 saturated carbocycles. The second-order valence-electron chi connectivity index (χ2n) is 14.7. The Morgan fingerprint density at radius 3 is 1.14 bits per heavy atom. The molecule has 0 aliphatic carbocycles. The topological polar surface area (TPSA) is 55.8 Å². The molecular weight excluding hydrogens is 623 g/mol. The van der Waals surface area contributed by atoms with Gasteiger partial charge in [-0.2, -0.15) is 0 Å². The molecule has 5 heteroatoms. The van der Waals surface area contributed by atoms with Crippen LogP contribution in [-0.4, -0.2) is 4.89 Å². The second kappa shape index (κ2) is 12.5. The van der Waals surface area contributed by atoms with Gasteiger partial charge in [0.25, 0.3) is 0 Å². The summed E-state index contributed by atoms with van der Waals surface area (Å²) in [5, 5.41) is 3.89. The van der Waals surface area contributed by atoms with E-state index in [1.54, 1.807) is 0 Å². The van der Waals surface area contributed by atoms with Gasteiger partial charge in [0, 0.05) is 22.3 Å². The molecule has 1 heterocycles. The lowest BCUT2D eigenvalue weighted by Gasteiger charge is -2.21. The number of phosphoric ester groups is 1. The van der Waals surface area contributed by atoms with Crippen molar-refractivity contribution in [2.75, 3.05) is 0 Å². The van der Waals surface area contributed by atoms with Gasteiger partial charge in [0.2, 0.25) is 0 Å². The molecular formula is C44H45O4P. The van der Waals surface area contributed by atoms with Gasteiger partial charge >= 0.3 is 7.82 Å². The minimum absolute atomic E-state index is 0.300. The molecule has 0 amide bonds. The number of phosphoric acid groups is 1. The Labute approximate surface area is 290 Å². The summed E-state index contributed by atoms with van der Waals surface area (Å²) in [6.45, 7) is 17.5. The molecule has 0 saturated heterocycles. The van der Waals surface area contributed by atoms with Crippen molar-refractivity contribution in [2.45, 2.75) is 79.1 Å². The molecule has 0 radical (unpaired) electrons. The maximum Gasteiger partial charge on any atom is 0.584 e. The van der Waals surface area contributed by atoms with Crippen molar-refractivity contribution in [1.29, 1.82) is 0 Å². The van der Waals surface area contributed by atoms with Gasteiger partial charge in [-0.1, -0.05) is 140 Å². The lowest BCUT2D eigenvalue weighted by molar-refractivity contribution is 0.295. The summed E-state index contributed by atoms with van der Waals surface area (Å²) in [5.74, 6) is 1.92. The summed E-state index contributed by atoms with van der Waals surface area (Å²) >= 11 is 0. The molecule has 0 bridgehead atoms. The molecule has 250 valence electrons. The van der Waals surface area contributed by atoms with E-state index in [4.69, 9.17) is 9.05 Å². The van der Waals surface area contributed by atoms with Crippen LogP contribution in [0.4, 0.5) is 0 Å². The van der Waals surface area contributed by atoms with Crippen LogP contribution in [0.15, 0.2) is 97.1 Å². The highest BCUT2D eigenvalue weighted by atomic mass is 31.2. The highest BCUT2D eigenvalue weighted by Crippen LogP contribution is 2.61. The molecule has 0 spiro atoms. The van der Waals surface area contributed by atoms with Crippen molar-refractivity contribution >= 4 is 29.4 Å². The second-order valence-corrected chi connectivity index (χ2v) is 16.0. The van der Waals surface area contributed by atoms with Crippen LogP contribution in [0, 0.1) is 0 Å². The summed E-state index contributed by atoms with van der Waals surface area (Å²) in [6, 6.07) is 33.9. The Bertz CT molecular complexity index is 2080. The van der Waals surface area contributed by atoms with Crippen molar-refractivity contribution in [3.8, 4) is 44.9 Å². The van der Waals surface area contributed by atoms with E-state index in [0.717, 1.165) is 54.9 Å². The van der Waals surface area contributed by atoms with E-state index in [0.29, 0.717) is 35.2 Å². The minimum Gasteiger partial charge on any atom is -0.394 e. The summed E-state index contributed by atoms with van der Waals surface area (Å²) < 4.78 is 26.8. The Kier molecular flexibility index (Phi) is 8.46. The molecule has 0 fully saturated rings. The van der Waals surface area contributed by atoms with Crippen LogP contribution in [0.5, 0.6) is 11.5 Å². The molecule has 1 aliphatic heterocycles. The number of hydrogen-bond donors (Lipinski definition) is 1. The monoisotopic (exact) mass is 668 g/mol. The van der Waals surface area contributed by atoms with Crippen molar-refractivity contribution in [1.82, 2.24) is 0 Å². The highest BCUT2D eigenvalue weighted by molar-refractivity contribution is 7.48. The fourth-order valence-corrected chi connectivity index (χ4v) is 7.90. The smallest absolute Gasteiger partial charge is 0.394 e. The molecule has 1 N–H and O–H groups in total. The molecule has 6 aromatic rings. The Morgan fingerprint density at radius 1 is 0.490 bits per heavy atom. The van der Waals surface area contributed by atoms with Crippen LogP contribution in [0.25, 0.3) is 54.9 Å². The third-order valence-corrected chi connectivity index (χ3v) is 10.7. The Morgan fingerprint density at radius 2 is 0.816 bits per heavy atom. The maximum atomic E-state index is 14.2. The fraction of sp³-hybridized carbons (Fsp3) is 0.273. The van der Waals surface area contributed by atoms with E-state index in [2.05, 4.69) is 128 Å². The maximum absolute atomic E-state index is 14.2. The van der Waals surface area contributed by atoms with Gasteiger partial charge in [-0.05, 0) is 90.7 Å². The van der Waals surface area contributed by atoms with Gasteiger partial charge in [-0.25, -0.2) is 4.57 Å². The first-order chi connectivity index (χ1) is 23.3. The van der Waals surface area contributed by atoms with Crippen LogP contribution in [-0.2, 0) is 4.57 Å². The van der Waals surface area contributed by atoms with E-state index < -0.39 is 7.82 Å². The number of hydrogen-bond acceptors (Lipinski definition) is 3. The molecule has 49 heavy (non-hydrogen) atoms. The SMILES string of the molecule is CC(C)c1cc(-c2cc3ccccc3c3c2OP(=O)(O)Oc2c(-c4cc(C(C)C)cc(C(C)C)c4)cc4ccccc4c2-3)cc(C(C)C)c1. The van der Waals surface area contributed by atoms with Gasteiger partial charge in [0.15, 0.2) is 0 Å². The average Bonchev–Trinajstić information content (AvgIpc) is 3.20. The summed E-state index contributed by atoms with van der Waals surface area (Å²) in [4.78, 5) is 11.6. The zero-order chi connectivity index (χ0) is 34.8. The third kappa shape index (κ3) is 6.07. The number of fused-ring (bicyclic) bond motifs is 7. The molecule has 4 nitrogen and oxygen atoms in total. The van der Waals surface area contributed by atoms with Crippen LogP contribution in [0.1, 0.15) is 101 Å². The van der Waals surface area contributed by atoms with Crippen LogP contribution in [0.2, 0.25) is 0 Å². The molecule has 0 atom stereocenters. The van der Waals surface area contributed by atoms with E-state index in [-0.39, 0.29) is 0 Å². The van der Waals surface area contributed by atoms with Crippen molar-refractivity contribution < 1.29 is 18.5 Å². The van der Waals surface area contributed by atoms with E-state index in [9.17, 15) is 9.46 Å². The van der Waals surface area contributed by atoms with Crippen LogP contribution < -0.4 is 9.05 Å². The summed E-state index contributed by atoms with van der Waals surface area (Å²) in [5.41, 5.74) is 9.79. The van der Waals surface area contributed by atoms with Gasteiger partial charge in [0.05, 0.1) is 0 Å². The number of rotatable bonds is 6. The summed E-state index contributed by atoms with van der Waals surface area (Å²) in [6.07, 6.45) is 0. The third-order valence-electron chi connectivity index (χ3n) is 9.91. The molecule has 7 rings (SSSR count). The Balaban J connectivity index is 1.66. The van der Waals surface area contributed by atoms with Crippen molar-refractivity contribution in [3.63, 3.8) is 0 Å². The minimum atomic E-state index is -4.67. The zero-order valence-corrected chi connectivity index (χ0v) is 30.6. The van der Waals surface area contributed by atoms with Crippen molar-refractivity contribution in [3.05, 3.63) is 119 Å². The van der Waals surface area contributed by atoms with Crippen LogP contribution in [0.3, 0.4) is 0 Å². The first-order valence-electron chi connectivity index (χ1n) is 17.5. The first kappa shape index (κ1) is 33.1. The molecule has 0 unspecified atom stereocenters. The predicted octanol–water partition coefficient (Wildman–Crippen LogP) is 13.4. The average molecular weight is 669 g/mol. The standard InChI is InChI=1S/C44H45O4P/c1-25(2)31-17-32(26(3)4)20-35(19-31)39-23-29-13-9-11-15-37(29)41-42-38-16-12-10-14-30(38)24-40(44(42)48-49(45,46)47-43(39)41)36-21-33(27(5)6)18-34(22-36)28(7)8/h9-28H,1-8H3,(H,45,46). The van der Waals surface area contributed by atoms with Crippen LogP contribution >= 0.6 is 7.82 Å². The van der Waals surface area contributed by atoms with Gasteiger partial charge in [0.1, 0.15) is 11.5 Å². The van der Waals surface area contributed by atoms with Gasteiger partial charge in [-0.15, -0.1) is 0 Å². The number of benzene rings is 6. The lowest BCUT2D eigenvalue weighted by Crippen LogP contribution is -2.01. The van der Waals surface area contributed by atoms with E-state index in [1.165, 1.54) is 22.3 Å². The van der Waals surface area contributed by atoms with Crippen molar-refractivity contribution in [2.24, 2.45) is 0 Å². The highest BCUT2D eigenvalue weighted by Gasteiger charge is 2.38. The van der Waals surface area contributed by atoms with Gasteiger partial charge < -0.3 is 9.05 Å². The quantitative estimate of drug-likeness (QED) is 0.180. The van der Waals surface area contributed by atoms with E-state index in [1.807, 2.05) is 24.3 Å². The first-order valence-corrected chi connectivity index (χ1v) is 18.9. The molecule has 6 aromatic carbocycles. The normalized spacial score (nSPS) is 13.9. The molecule has 1 aliphatic rings. The lowest BCUT2D eigenvalue weighted by atomic mass is 9.84. The predicted molar refractivity (Wildman–Crippen MR) is 205 cm³/mol. The fourth-order valence-electron chi connectivity index (χ4n) is 7.02. The summed E-state index contributed by atoms with van der Waals surface area (Å²) in [7, 11) is -4.67. The Hall–Kier alpha value is -4.37. The largest absolute Gasteiger partial charge is 0.584 e. The molecule has 0 aromatic heterocycles. The van der Waals surface area contributed by atoms with E-state index >= 15 is 0 Å². The van der Waals surface area contributed by atoms with Gasteiger partial charge in [-0.3, -0.25) is 4.89 Å².